The average Bonchev–Trinajstić information content (AvgIpc) is 2.90. The van der Waals surface area contributed by atoms with Gasteiger partial charge in [0, 0.05) is 5.56 Å². The highest BCUT2D eigenvalue weighted by Crippen LogP contribution is 2.31. The summed E-state index contributed by atoms with van der Waals surface area (Å²) in [5, 5.41) is 11.6. The van der Waals surface area contributed by atoms with E-state index >= 15 is 0 Å². The number of amides is 1. The summed E-state index contributed by atoms with van der Waals surface area (Å²) < 4.78 is 10.9. The minimum absolute atomic E-state index is 0.142. The fraction of sp³-hybridized carbons (Fsp3) is 0.214. The van der Waals surface area contributed by atoms with E-state index in [0.29, 0.717) is 36.0 Å². The number of aliphatic hydroxyl groups excluding tert-OH is 1. The van der Waals surface area contributed by atoms with Crippen LogP contribution in [0.2, 0.25) is 0 Å². The van der Waals surface area contributed by atoms with Crippen LogP contribution in [-0.4, -0.2) is 18.1 Å². The van der Waals surface area contributed by atoms with Gasteiger partial charge in [-0.2, -0.15) is 0 Å². The van der Waals surface area contributed by atoms with Crippen LogP contribution in [0.1, 0.15) is 12.7 Å². The molecule has 2 rings (SSSR count). The first-order chi connectivity index (χ1) is 9.28. The molecule has 1 amide bonds. The molecular weight excluding hydrogens is 246 g/mol. The molecule has 0 atom stereocenters. The van der Waals surface area contributed by atoms with Crippen LogP contribution < -0.4 is 10.1 Å². The van der Waals surface area contributed by atoms with Gasteiger partial charge in [0.1, 0.15) is 23.9 Å². The number of rotatable bonds is 6. The molecule has 0 bridgehead atoms. The molecule has 5 heteroatoms. The first kappa shape index (κ1) is 13.2. The number of nitrogens with one attached hydrogen (secondary N) is 1. The average molecular weight is 261 g/mol. The molecule has 0 radical (unpaired) electrons. The van der Waals surface area contributed by atoms with Gasteiger partial charge in [0.15, 0.2) is 0 Å². The van der Waals surface area contributed by atoms with Crippen molar-refractivity contribution in [2.75, 3.05) is 11.9 Å². The van der Waals surface area contributed by atoms with Gasteiger partial charge in [0.05, 0.1) is 12.3 Å². The van der Waals surface area contributed by atoms with Gasteiger partial charge in [-0.25, -0.2) is 0 Å². The van der Waals surface area contributed by atoms with Gasteiger partial charge >= 0.3 is 0 Å². The van der Waals surface area contributed by atoms with Gasteiger partial charge in [0.25, 0.3) is 0 Å². The van der Waals surface area contributed by atoms with E-state index in [4.69, 9.17) is 14.3 Å². The number of furan rings is 1. The molecule has 0 spiro atoms. The van der Waals surface area contributed by atoms with Crippen LogP contribution >= 0.6 is 0 Å². The summed E-state index contributed by atoms with van der Waals surface area (Å²) >= 11 is 0. The Morgan fingerprint density at radius 3 is 2.84 bits per heavy atom. The lowest BCUT2D eigenvalue weighted by Crippen LogP contribution is -2.00. The number of anilines is 1. The van der Waals surface area contributed by atoms with Gasteiger partial charge < -0.3 is 19.6 Å². The van der Waals surface area contributed by atoms with E-state index in [1.54, 1.807) is 24.3 Å². The van der Waals surface area contributed by atoms with Crippen molar-refractivity contribution >= 4 is 12.1 Å². The fourth-order valence-corrected chi connectivity index (χ4v) is 1.76. The van der Waals surface area contributed by atoms with E-state index in [1.165, 1.54) is 0 Å². The molecule has 0 unspecified atom stereocenters. The topological polar surface area (TPSA) is 71.7 Å². The predicted octanol–water partition coefficient (Wildman–Crippen LogP) is 2.41. The highest BCUT2D eigenvalue weighted by atomic mass is 16.5. The second-order valence-electron chi connectivity index (χ2n) is 3.83. The van der Waals surface area contributed by atoms with E-state index in [9.17, 15) is 4.79 Å². The van der Waals surface area contributed by atoms with E-state index in [2.05, 4.69) is 5.32 Å². The summed E-state index contributed by atoms with van der Waals surface area (Å²) in [6.07, 6.45) is 0.600. The zero-order valence-electron chi connectivity index (χ0n) is 10.6. The molecule has 100 valence electrons. The molecule has 1 aromatic heterocycles. The molecule has 0 aliphatic carbocycles. The quantitative estimate of drug-likeness (QED) is 0.783. The monoisotopic (exact) mass is 261 g/mol. The lowest BCUT2D eigenvalue weighted by Gasteiger charge is -2.10. The molecule has 19 heavy (non-hydrogen) atoms. The lowest BCUT2D eigenvalue weighted by atomic mass is 10.1. The maximum atomic E-state index is 10.6. The largest absolute Gasteiger partial charge is 0.492 e. The number of carbonyl (C=O) groups is 1. The summed E-state index contributed by atoms with van der Waals surface area (Å²) in [5.41, 5.74) is 1.38. The second-order valence-corrected chi connectivity index (χ2v) is 3.83. The van der Waals surface area contributed by atoms with E-state index < -0.39 is 0 Å². The predicted molar refractivity (Wildman–Crippen MR) is 70.9 cm³/mol. The van der Waals surface area contributed by atoms with Crippen molar-refractivity contribution in [2.45, 2.75) is 13.5 Å². The van der Waals surface area contributed by atoms with Crippen LogP contribution in [0.3, 0.4) is 0 Å². The van der Waals surface area contributed by atoms with Crippen molar-refractivity contribution in [2.24, 2.45) is 0 Å². The van der Waals surface area contributed by atoms with Crippen molar-refractivity contribution in [1.29, 1.82) is 0 Å². The molecule has 0 aliphatic heterocycles. The number of hydrogen-bond donors (Lipinski definition) is 2. The SMILES string of the molecule is CCOc1ccc(-c2ccc(CO)o2)cc1NC=O. The minimum Gasteiger partial charge on any atom is -0.492 e. The van der Waals surface area contributed by atoms with Crippen LogP contribution in [0.4, 0.5) is 5.69 Å². The zero-order chi connectivity index (χ0) is 13.7. The Morgan fingerprint density at radius 1 is 1.37 bits per heavy atom. The van der Waals surface area contributed by atoms with Gasteiger partial charge in [0.2, 0.25) is 6.41 Å². The van der Waals surface area contributed by atoms with Crippen LogP contribution in [0.15, 0.2) is 34.7 Å². The highest BCUT2D eigenvalue weighted by Gasteiger charge is 2.09. The van der Waals surface area contributed by atoms with Crippen molar-refractivity contribution in [3.8, 4) is 17.1 Å². The van der Waals surface area contributed by atoms with E-state index in [1.807, 2.05) is 13.0 Å². The third kappa shape index (κ3) is 2.95. The third-order valence-electron chi connectivity index (χ3n) is 2.60. The Morgan fingerprint density at radius 2 is 2.21 bits per heavy atom. The van der Waals surface area contributed by atoms with Crippen molar-refractivity contribution in [3.05, 3.63) is 36.1 Å². The molecule has 5 nitrogen and oxygen atoms in total. The summed E-state index contributed by atoms with van der Waals surface area (Å²) in [6.45, 7) is 2.25. The summed E-state index contributed by atoms with van der Waals surface area (Å²) in [4.78, 5) is 10.6. The van der Waals surface area contributed by atoms with Gasteiger partial charge in [-0.3, -0.25) is 4.79 Å². The number of ether oxygens (including phenoxy) is 1. The molecule has 0 fully saturated rings. The smallest absolute Gasteiger partial charge is 0.211 e. The Bertz CT molecular complexity index is 562. The summed E-state index contributed by atoms with van der Waals surface area (Å²) in [5.74, 6) is 1.72. The number of aliphatic hydroxyl groups is 1. The number of hydrogen-bond acceptors (Lipinski definition) is 4. The van der Waals surface area contributed by atoms with Gasteiger partial charge in [-0.15, -0.1) is 0 Å². The highest BCUT2D eigenvalue weighted by molar-refractivity contribution is 5.79. The Balaban J connectivity index is 2.36. The Labute approximate surface area is 110 Å². The normalized spacial score (nSPS) is 10.2. The maximum Gasteiger partial charge on any atom is 0.211 e. The zero-order valence-corrected chi connectivity index (χ0v) is 10.6. The van der Waals surface area contributed by atoms with Crippen molar-refractivity contribution in [3.63, 3.8) is 0 Å². The first-order valence-corrected chi connectivity index (χ1v) is 5.95. The van der Waals surface area contributed by atoms with Crippen molar-refractivity contribution < 1.29 is 19.1 Å². The van der Waals surface area contributed by atoms with Crippen LogP contribution in [0.5, 0.6) is 5.75 Å². The third-order valence-corrected chi connectivity index (χ3v) is 2.60. The Hall–Kier alpha value is -2.27. The molecule has 0 saturated heterocycles. The molecule has 1 heterocycles. The van der Waals surface area contributed by atoms with Gasteiger partial charge in [-0.1, -0.05) is 0 Å². The standard InChI is InChI=1S/C14H15NO4/c1-2-18-14-5-3-10(7-12(14)15-9-17)13-6-4-11(8-16)19-13/h3-7,9,16H,2,8H2,1H3,(H,15,17). The van der Waals surface area contributed by atoms with E-state index in [0.717, 1.165) is 5.56 Å². The van der Waals surface area contributed by atoms with Crippen LogP contribution in [0.25, 0.3) is 11.3 Å². The lowest BCUT2D eigenvalue weighted by molar-refractivity contribution is -0.105. The fourth-order valence-electron chi connectivity index (χ4n) is 1.76. The first-order valence-electron chi connectivity index (χ1n) is 5.95. The number of benzene rings is 1. The molecule has 2 N–H and O–H groups in total. The molecule has 1 aromatic carbocycles. The van der Waals surface area contributed by atoms with E-state index in [-0.39, 0.29) is 6.61 Å². The number of carbonyl (C=O) groups excluding carboxylic acids is 1. The Kier molecular flexibility index (Phi) is 4.20. The van der Waals surface area contributed by atoms with Crippen molar-refractivity contribution in [1.82, 2.24) is 0 Å². The molecule has 2 aromatic rings. The summed E-state index contributed by atoms with van der Waals surface area (Å²) in [7, 11) is 0. The molecular formula is C14H15NO4. The minimum atomic E-state index is -0.142. The van der Waals surface area contributed by atoms with Gasteiger partial charge in [-0.05, 0) is 37.3 Å². The molecule has 0 saturated carbocycles. The summed E-state index contributed by atoms with van der Waals surface area (Å²) in [6, 6.07) is 8.84. The van der Waals surface area contributed by atoms with Crippen LogP contribution in [-0.2, 0) is 11.4 Å². The molecule has 0 aliphatic rings. The second kappa shape index (κ2) is 6.06. The maximum absolute atomic E-state index is 10.6. The van der Waals surface area contributed by atoms with Crippen LogP contribution in [0, 0.1) is 0 Å².